The summed E-state index contributed by atoms with van der Waals surface area (Å²) in [6.45, 7) is 9.72. The third kappa shape index (κ3) is 4.31. The zero-order valence-corrected chi connectivity index (χ0v) is 17.0. The van der Waals surface area contributed by atoms with Crippen LogP contribution in [0.5, 0.6) is 0 Å². The number of nitrogens with zero attached hydrogens (tertiary/aromatic N) is 3. The molecule has 2 aromatic heterocycles. The Balaban J connectivity index is 1.79. The van der Waals surface area contributed by atoms with Gasteiger partial charge in [-0.25, -0.2) is 15.0 Å². The van der Waals surface area contributed by atoms with Gasteiger partial charge in [-0.15, -0.1) is 11.3 Å². The number of carbonyl (C=O) groups is 1. The Kier molecular flexibility index (Phi) is 5.51. The fraction of sp³-hybridized carbons (Fsp3) is 0.300. The van der Waals surface area contributed by atoms with Gasteiger partial charge in [-0.2, -0.15) is 0 Å². The van der Waals surface area contributed by atoms with E-state index in [0.29, 0.717) is 22.9 Å². The van der Waals surface area contributed by atoms with Crippen LogP contribution in [0.25, 0.3) is 0 Å². The third-order valence-corrected chi connectivity index (χ3v) is 5.35. The Bertz CT molecular complexity index is 936. The Morgan fingerprint density at radius 2 is 1.59 bits per heavy atom. The molecule has 7 heteroatoms. The molecule has 0 spiro atoms. The lowest BCUT2D eigenvalue weighted by atomic mass is 10.1. The molecule has 3 aromatic rings. The minimum Gasteiger partial charge on any atom is -0.322 e. The maximum atomic E-state index is 12.7. The van der Waals surface area contributed by atoms with E-state index in [-0.39, 0.29) is 5.91 Å². The van der Waals surface area contributed by atoms with Crippen molar-refractivity contribution < 1.29 is 4.79 Å². The van der Waals surface area contributed by atoms with E-state index in [4.69, 9.17) is 0 Å². The average Bonchev–Trinajstić information content (AvgIpc) is 2.92. The van der Waals surface area contributed by atoms with Crippen LogP contribution in [-0.4, -0.2) is 20.9 Å². The van der Waals surface area contributed by atoms with Crippen LogP contribution in [0.2, 0.25) is 0 Å². The van der Waals surface area contributed by atoms with Crippen molar-refractivity contribution in [1.29, 1.82) is 0 Å². The number of aryl methyl sites for hydroxylation is 5. The fourth-order valence-corrected chi connectivity index (χ4v) is 3.55. The van der Waals surface area contributed by atoms with Gasteiger partial charge in [-0.05, 0) is 51.8 Å². The summed E-state index contributed by atoms with van der Waals surface area (Å²) in [5, 5.41) is 6.80. The monoisotopic (exact) mass is 381 g/mol. The highest BCUT2D eigenvalue weighted by molar-refractivity contribution is 7.15. The van der Waals surface area contributed by atoms with Gasteiger partial charge >= 0.3 is 0 Å². The molecule has 1 aromatic carbocycles. The van der Waals surface area contributed by atoms with Crippen LogP contribution in [0.1, 0.15) is 44.8 Å². The molecule has 0 unspecified atom stereocenters. The van der Waals surface area contributed by atoms with Gasteiger partial charge in [-0.1, -0.05) is 19.1 Å². The Morgan fingerprint density at radius 3 is 2.11 bits per heavy atom. The number of thiazole rings is 1. The van der Waals surface area contributed by atoms with E-state index in [0.717, 1.165) is 27.8 Å². The molecule has 0 aliphatic heterocycles. The zero-order valence-electron chi connectivity index (χ0n) is 16.2. The van der Waals surface area contributed by atoms with Gasteiger partial charge in [-0.3, -0.25) is 4.79 Å². The quantitative estimate of drug-likeness (QED) is 0.668. The summed E-state index contributed by atoms with van der Waals surface area (Å²) in [6, 6.07) is 7.84. The van der Waals surface area contributed by atoms with Crippen molar-refractivity contribution in [2.75, 3.05) is 10.6 Å². The molecule has 0 atom stereocenters. The summed E-state index contributed by atoms with van der Waals surface area (Å²) in [5.41, 5.74) is 4.71. The van der Waals surface area contributed by atoms with Gasteiger partial charge in [0.15, 0.2) is 5.13 Å². The van der Waals surface area contributed by atoms with Crippen LogP contribution in [0.3, 0.4) is 0 Å². The molecule has 2 N–H and O–H groups in total. The molecule has 1 amide bonds. The molecule has 0 fully saturated rings. The summed E-state index contributed by atoms with van der Waals surface area (Å²) in [6.07, 6.45) is 0.965. The molecule has 0 aliphatic rings. The van der Waals surface area contributed by atoms with Crippen LogP contribution >= 0.6 is 11.3 Å². The van der Waals surface area contributed by atoms with Crippen molar-refractivity contribution in [2.45, 2.75) is 41.0 Å². The first kappa shape index (κ1) is 19.0. The SMILES string of the molecule is CCc1ccc(NC(=O)c2c(C)nc(Nc3nc(C)c(C)s3)nc2C)cc1. The average molecular weight is 382 g/mol. The zero-order chi connectivity index (χ0) is 19.6. The van der Waals surface area contributed by atoms with E-state index < -0.39 is 0 Å². The Morgan fingerprint density at radius 1 is 0.963 bits per heavy atom. The summed E-state index contributed by atoms with van der Waals surface area (Å²) in [4.78, 5) is 27.2. The first-order valence-electron chi connectivity index (χ1n) is 8.84. The second-order valence-corrected chi connectivity index (χ2v) is 7.59. The smallest absolute Gasteiger partial charge is 0.259 e. The van der Waals surface area contributed by atoms with Gasteiger partial charge in [0.1, 0.15) is 0 Å². The molecule has 0 radical (unpaired) electrons. The molecule has 6 nitrogen and oxygen atoms in total. The molecule has 27 heavy (non-hydrogen) atoms. The van der Waals surface area contributed by atoms with E-state index in [1.165, 1.54) is 5.56 Å². The lowest BCUT2D eigenvalue weighted by Gasteiger charge is -2.12. The number of nitrogens with one attached hydrogen (secondary N) is 2. The lowest BCUT2D eigenvalue weighted by molar-refractivity contribution is 0.102. The highest BCUT2D eigenvalue weighted by atomic mass is 32.1. The number of carbonyl (C=O) groups excluding carboxylic acids is 1. The maximum absolute atomic E-state index is 12.7. The first-order valence-corrected chi connectivity index (χ1v) is 9.65. The van der Waals surface area contributed by atoms with Crippen molar-refractivity contribution in [3.8, 4) is 0 Å². The summed E-state index contributed by atoms with van der Waals surface area (Å²) < 4.78 is 0. The largest absolute Gasteiger partial charge is 0.322 e. The number of hydrogen-bond acceptors (Lipinski definition) is 6. The molecule has 0 bridgehead atoms. The van der Waals surface area contributed by atoms with Gasteiger partial charge < -0.3 is 10.6 Å². The van der Waals surface area contributed by atoms with Gasteiger partial charge in [0.25, 0.3) is 5.91 Å². The van der Waals surface area contributed by atoms with Crippen LogP contribution in [0, 0.1) is 27.7 Å². The van der Waals surface area contributed by atoms with E-state index in [2.05, 4.69) is 32.5 Å². The molecular weight excluding hydrogens is 358 g/mol. The second-order valence-electron chi connectivity index (χ2n) is 6.38. The minimum atomic E-state index is -0.207. The molecule has 0 saturated heterocycles. The Hall–Kier alpha value is -2.80. The number of aromatic nitrogens is 3. The van der Waals surface area contributed by atoms with Crippen LogP contribution in [-0.2, 0) is 6.42 Å². The number of hydrogen-bond donors (Lipinski definition) is 2. The fourth-order valence-electron chi connectivity index (χ4n) is 2.74. The molecule has 0 saturated carbocycles. The van der Waals surface area contributed by atoms with E-state index in [1.54, 1.807) is 11.3 Å². The lowest BCUT2D eigenvalue weighted by Crippen LogP contribution is -2.17. The Labute approximate surface area is 163 Å². The topological polar surface area (TPSA) is 79.8 Å². The molecular formula is C20H23N5OS. The normalized spacial score (nSPS) is 10.7. The third-order valence-electron chi connectivity index (χ3n) is 4.37. The molecule has 3 rings (SSSR count). The predicted molar refractivity (Wildman–Crippen MR) is 110 cm³/mol. The first-order chi connectivity index (χ1) is 12.9. The van der Waals surface area contributed by atoms with Crippen LogP contribution in [0.4, 0.5) is 16.8 Å². The highest BCUT2D eigenvalue weighted by Crippen LogP contribution is 2.24. The van der Waals surface area contributed by atoms with Crippen LogP contribution < -0.4 is 10.6 Å². The van der Waals surface area contributed by atoms with Gasteiger partial charge in [0.2, 0.25) is 5.95 Å². The van der Waals surface area contributed by atoms with Gasteiger partial charge in [0, 0.05) is 10.6 Å². The van der Waals surface area contributed by atoms with Gasteiger partial charge in [0.05, 0.1) is 22.6 Å². The van der Waals surface area contributed by atoms with E-state index in [9.17, 15) is 4.79 Å². The van der Waals surface area contributed by atoms with Crippen molar-refractivity contribution in [2.24, 2.45) is 0 Å². The minimum absolute atomic E-state index is 0.207. The second kappa shape index (κ2) is 7.84. The van der Waals surface area contributed by atoms with E-state index >= 15 is 0 Å². The number of anilines is 3. The molecule has 2 heterocycles. The summed E-state index contributed by atoms with van der Waals surface area (Å²) in [7, 11) is 0. The number of rotatable bonds is 5. The number of amides is 1. The maximum Gasteiger partial charge on any atom is 0.259 e. The van der Waals surface area contributed by atoms with Crippen molar-refractivity contribution >= 4 is 34.0 Å². The van der Waals surface area contributed by atoms with Crippen molar-refractivity contribution in [3.63, 3.8) is 0 Å². The predicted octanol–water partition coefficient (Wildman–Crippen LogP) is 4.73. The highest BCUT2D eigenvalue weighted by Gasteiger charge is 2.17. The molecule has 0 aliphatic carbocycles. The standard InChI is InChI=1S/C20H23N5OS/c1-6-15-7-9-16(10-8-15)24-18(26)17-12(3)21-19(22-13(17)4)25-20-23-11(2)14(5)27-20/h7-10H,6H2,1-5H3,(H,24,26)(H,21,22,23,25). The number of benzene rings is 1. The van der Waals surface area contributed by atoms with Crippen molar-refractivity contribution in [3.05, 3.63) is 57.4 Å². The molecule has 140 valence electrons. The summed E-state index contributed by atoms with van der Waals surface area (Å²) in [5.74, 6) is 0.240. The van der Waals surface area contributed by atoms with E-state index in [1.807, 2.05) is 52.0 Å². The van der Waals surface area contributed by atoms with Crippen molar-refractivity contribution in [1.82, 2.24) is 15.0 Å². The van der Waals surface area contributed by atoms with Crippen LogP contribution in [0.15, 0.2) is 24.3 Å². The summed E-state index contributed by atoms with van der Waals surface area (Å²) >= 11 is 1.55.